The van der Waals surface area contributed by atoms with E-state index in [0.717, 1.165) is 5.56 Å². The Balaban J connectivity index is 0.000000921. The summed E-state index contributed by atoms with van der Waals surface area (Å²) < 4.78 is 7.83. The second-order valence-corrected chi connectivity index (χ2v) is 2.82. The number of carboxylic acids is 1. The van der Waals surface area contributed by atoms with E-state index in [4.69, 9.17) is 20.2 Å². The number of carboxylic acid groups (broad SMARTS) is 1. The van der Waals surface area contributed by atoms with Gasteiger partial charge in [0.05, 0.1) is 0 Å². The van der Waals surface area contributed by atoms with Crippen LogP contribution in [0, 0.1) is 0 Å². The van der Waals surface area contributed by atoms with Crippen LogP contribution in [-0.4, -0.2) is 26.4 Å². The van der Waals surface area contributed by atoms with Crippen molar-refractivity contribution in [2.45, 2.75) is 12.5 Å². The lowest BCUT2D eigenvalue weighted by Gasteiger charge is -2.05. The van der Waals surface area contributed by atoms with Crippen molar-refractivity contribution in [3.05, 3.63) is 29.8 Å². The number of phenols is 1. The van der Waals surface area contributed by atoms with E-state index in [0.29, 0.717) is 0 Å². The summed E-state index contributed by atoms with van der Waals surface area (Å²) in [4.78, 5) is 10.4. The first-order chi connectivity index (χ1) is 7.09. The van der Waals surface area contributed by atoms with Gasteiger partial charge in [-0.3, -0.25) is 4.79 Å². The van der Waals surface area contributed by atoms with E-state index in [2.05, 4.69) is 12.5 Å². The fourth-order valence-corrected chi connectivity index (χ4v) is 0.973. The highest BCUT2D eigenvalue weighted by molar-refractivity contribution is 7.44. The van der Waals surface area contributed by atoms with Gasteiger partial charge in [-0.25, -0.2) is 0 Å². The molecule has 0 saturated heterocycles. The summed E-state index contributed by atoms with van der Waals surface area (Å²) in [6.07, 6.45) is 0.273. The summed E-state index contributed by atoms with van der Waals surface area (Å²) in [5.41, 5.74) is 6.12. The molecule has 0 amide bonds. The molecule has 1 rings (SSSR count). The van der Waals surface area contributed by atoms with E-state index in [1.807, 2.05) is 0 Å². The lowest BCUT2D eigenvalue weighted by Crippen LogP contribution is -2.32. The number of benzene rings is 1. The molecule has 82 valence electrons. The van der Waals surface area contributed by atoms with Gasteiger partial charge in [-0.15, -0.1) is 0 Å². The number of carbonyl (C=O) groups is 1. The minimum absolute atomic E-state index is 0.160. The van der Waals surface area contributed by atoms with Gasteiger partial charge in [-0.1, -0.05) is 12.1 Å². The number of hydrogen-bond acceptors (Lipinski definition) is 5. The first-order valence-corrected chi connectivity index (χ1v) is 4.36. The molecule has 5 nitrogen and oxygen atoms in total. The van der Waals surface area contributed by atoms with Gasteiger partial charge >= 0.3 is 5.97 Å². The van der Waals surface area contributed by atoms with E-state index in [9.17, 15) is 4.79 Å². The fourth-order valence-electron chi connectivity index (χ4n) is 0.973. The molecule has 1 atom stereocenters. The standard InChI is InChI=1S/C9H11NO3.OS/c10-8(9(12)13)5-6-1-3-7(11)4-2-6;1-2/h1-4,8,11H,5,10H2,(H,12,13);/t8-;/m0./s1. The largest absolute Gasteiger partial charge is 0.508 e. The predicted molar refractivity (Wildman–Crippen MR) is 55.6 cm³/mol. The van der Waals surface area contributed by atoms with Gasteiger partial charge in [-0.2, -0.15) is 4.21 Å². The van der Waals surface area contributed by atoms with Gasteiger partial charge in [0.25, 0.3) is 0 Å². The van der Waals surface area contributed by atoms with Gasteiger partial charge in [-0.05, 0) is 24.1 Å². The number of aliphatic carboxylic acids is 1. The Morgan fingerprint density at radius 1 is 1.33 bits per heavy atom. The van der Waals surface area contributed by atoms with E-state index in [1.54, 1.807) is 12.1 Å². The van der Waals surface area contributed by atoms with Crippen molar-refractivity contribution in [2.75, 3.05) is 0 Å². The van der Waals surface area contributed by atoms with Crippen molar-refractivity contribution in [2.24, 2.45) is 5.73 Å². The molecule has 0 aromatic heterocycles. The number of aromatic hydroxyl groups is 1. The Kier molecular flexibility index (Phi) is 6.16. The third-order valence-corrected chi connectivity index (χ3v) is 1.71. The predicted octanol–water partition coefficient (Wildman–Crippen LogP) is 0.0103. The number of nitrogens with two attached hydrogens (primary N) is 1. The lowest BCUT2D eigenvalue weighted by atomic mass is 10.1. The molecular weight excluding hydrogens is 218 g/mol. The zero-order valence-corrected chi connectivity index (χ0v) is 8.61. The molecule has 0 aliphatic heterocycles. The van der Waals surface area contributed by atoms with Crippen LogP contribution >= 0.6 is 0 Å². The number of hydrogen-bond donors (Lipinski definition) is 3. The smallest absolute Gasteiger partial charge is 0.320 e. The Labute approximate surface area is 92.1 Å². The van der Waals surface area contributed by atoms with E-state index in [-0.39, 0.29) is 12.2 Å². The summed E-state index contributed by atoms with van der Waals surface area (Å²) in [5, 5.41) is 17.5. The fraction of sp³-hybridized carbons (Fsp3) is 0.222. The highest BCUT2D eigenvalue weighted by atomic mass is 32.1. The molecule has 1 aromatic rings. The van der Waals surface area contributed by atoms with Crippen LogP contribution in [-0.2, 0) is 23.7 Å². The summed E-state index contributed by atoms with van der Waals surface area (Å²) >= 11 is 2.83. The summed E-state index contributed by atoms with van der Waals surface area (Å²) in [5.74, 6) is -0.860. The number of phenolic OH excluding ortho intramolecular Hbond substituents is 1. The quantitative estimate of drug-likeness (QED) is 0.675. The third-order valence-electron chi connectivity index (χ3n) is 1.71. The Bertz CT molecular complexity index is 314. The number of rotatable bonds is 3. The first kappa shape index (κ1) is 13.5. The van der Waals surface area contributed by atoms with Crippen molar-refractivity contribution in [1.29, 1.82) is 0 Å². The molecule has 0 fully saturated rings. The molecule has 0 spiro atoms. The SMILES string of the molecule is N[C@@H](Cc1ccc(O)cc1)C(=O)O.O=S. The monoisotopic (exact) mass is 229 g/mol. The highest BCUT2D eigenvalue weighted by Gasteiger charge is 2.11. The van der Waals surface area contributed by atoms with Crippen molar-refractivity contribution >= 4 is 18.5 Å². The molecule has 6 heteroatoms. The van der Waals surface area contributed by atoms with Crippen LogP contribution < -0.4 is 5.73 Å². The molecule has 0 saturated carbocycles. The summed E-state index contributed by atoms with van der Waals surface area (Å²) in [6, 6.07) is 5.42. The van der Waals surface area contributed by atoms with Crippen LogP contribution in [0.1, 0.15) is 5.56 Å². The highest BCUT2D eigenvalue weighted by Crippen LogP contribution is 2.10. The molecule has 15 heavy (non-hydrogen) atoms. The van der Waals surface area contributed by atoms with E-state index < -0.39 is 12.0 Å². The van der Waals surface area contributed by atoms with Gasteiger partial charge < -0.3 is 15.9 Å². The minimum Gasteiger partial charge on any atom is -0.508 e. The maximum Gasteiger partial charge on any atom is 0.320 e. The van der Waals surface area contributed by atoms with Crippen LogP contribution in [0.15, 0.2) is 24.3 Å². The van der Waals surface area contributed by atoms with Gasteiger partial charge in [0.2, 0.25) is 0 Å². The molecule has 0 aliphatic carbocycles. The normalized spacial score (nSPS) is 11.0. The average molecular weight is 229 g/mol. The average Bonchev–Trinajstić information content (AvgIpc) is 2.24. The van der Waals surface area contributed by atoms with Gasteiger partial charge in [0, 0.05) is 0 Å². The van der Waals surface area contributed by atoms with Gasteiger partial charge in [0.1, 0.15) is 11.8 Å². The molecule has 1 aromatic carbocycles. The van der Waals surface area contributed by atoms with Crippen LogP contribution in [0.25, 0.3) is 0 Å². The molecule has 0 heterocycles. The maximum atomic E-state index is 10.4. The molecule has 0 aliphatic rings. The topological polar surface area (TPSA) is 101 Å². The third kappa shape index (κ3) is 5.04. The maximum absolute atomic E-state index is 10.4. The summed E-state index contributed by atoms with van der Waals surface area (Å²) in [6.45, 7) is 0. The van der Waals surface area contributed by atoms with Crippen molar-refractivity contribution in [3.63, 3.8) is 0 Å². The van der Waals surface area contributed by atoms with Crippen molar-refractivity contribution in [3.8, 4) is 5.75 Å². The Hall–Kier alpha value is -1.53. The van der Waals surface area contributed by atoms with Gasteiger partial charge in [0.15, 0.2) is 12.5 Å². The minimum atomic E-state index is -1.02. The molecule has 4 N–H and O–H groups in total. The van der Waals surface area contributed by atoms with Crippen LogP contribution in [0.3, 0.4) is 0 Å². The van der Waals surface area contributed by atoms with Crippen LogP contribution in [0.2, 0.25) is 0 Å². The molecule has 0 radical (unpaired) electrons. The molecule has 0 bridgehead atoms. The molecule has 0 unspecified atom stereocenters. The lowest BCUT2D eigenvalue weighted by molar-refractivity contribution is -0.138. The zero-order valence-electron chi connectivity index (χ0n) is 7.79. The zero-order chi connectivity index (χ0) is 11.8. The molecular formula is C9H11NO4S. The second-order valence-electron chi connectivity index (χ2n) is 2.82. The van der Waals surface area contributed by atoms with Crippen molar-refractivity contribution in [1.82, 2.24) is 0 Å². The second kappa shape index (κ2) is 6.86. The van der Waals surface area contributed by atoms with E-state index in [1.165, 1.54) is 12.1 Å². The first-order valence-electron chi connectivity index (χ1n) is 4.02. The van der Waals surface area contributed by atoms with Crippen LogP contribution in [0.4, 0.5) is 0 Å². The summed E-state index contributed by atoms with van der Waals surface area (Å²) in [7, 11) is 0. The van der Waals surface area contributed by atoms with Crippen molar-refractivity contribution < 1.29 is 19.2 Å². The van der Waals surface area contributed by atoms with Crippen LogP contribution in [0.5, 0.6) is 5.75 Å². The Morgan fingerprint density at radius 3 is 2.20 bits per heavy atom. The van der Waals surface area contributed by atoms with E-state index >= 15 is 0 Å². The Morgan fingerprint density at radius 2 is 1.80 bits per heavy atom.